The molecule has 0 saturated heterocycles. The highest BCUT2D eigenvalue weighted by molar-refractivity contribution is 5.80. The van der Waals surface area contributed by atoms with Crippen molar-refractivity contribution in [1.29, 1.82) is 0 Å². The van der Waals surface area contributed by atoms with Crippen LogP contribution in [-0.4, -0.2) is 9.13 Å². The molecule has 0 aliphatic carbocycles. The lowest BCUT2D eigenvalue weighted by Gasteiger charge is -2.15. The topological polar surface area (TPSA) is 26.9 Å². The quantitative estimate of drug-likeness (QED) is 0.710. The van der Waals surface area contributed by atoms with Gasteiger partial charge in [-0.3, -0.25) is 4.79 Å². The van der Waals surface area contributed by atoms with Gasteiger partial charge in [-0.2, -0.15) is 0 Å². The normalized spacial score (nSPS) is 13.5. The average Bonchev–Trinajstić information content (AvgIpc) is 2.95. The second kappa shape index (κ2) is 8.95. The van der Waals surface area contributed by atoms with E-state index < -0.39 is 0 Å². The van der Waals surface area contributed by atoms with Crippen LogP contribution in [0.25, 0.3) is 10.9 Å². The van der Waals surface area contributed by atoms with Gasteiger partial charge in [0, 0.05) is 25.5 Å². The van der Waals surface area contributed by atoms with Crippen LogP contribution in [0.15, 0.2) is 23.1 Å². The SMILES string of the molecule is CCCCCCCC.Cn1ccc2c(cc3n2CCCC3)c1=O. The van der Waals surface area contributed by atoms with Gasteiger partial charge in [-0.25, -0.2) is 0 Å². The third-order valence-corrected chi connectivity index (χ3v) is 4.75. The molecule has 3 heteroatoms. The number of aromatic nitrogens is 2. The van der Waals surface area contributed by atoms with E-state index in [2.05, 4.69) is 24.5 Å². The second-order valence-electron chi connectivity index (χ2n) is 6.69. The fourth-order valence-electron chi connectivity index (χ4n) is 3.31. The maximum atomic E-state index is 11.9. The minimum atomic E-state index is 0.120. The van der Waals surface area contributed by atoms with E-state index >= 15 is 0 Å². The Bertz CT molecular complexity index is 660. The van der Waals surface area contributed by atoms with E-state index in [9.17, 15) is 4.79 Å². The van der Waals surface area contributed by atoms with Crippen LogP contribution in [0.3, 0.4) is 0 Å². The molecule has 0 N–H and O–H groups in total. The molecule has 0 saturated carbocycles. The zero-order valence-corrected chi connectivity index (χ0v) is 15.1. The van der Waals surface area contributed by atoms with Crippen molar-refractivity contribution in [3.8, 4) is 0 Å². The summed E-state index contributed by atoms with van der Waals surface area (Å²) in [6.45, 7) is 5.57. The molecule has 2 aromatic heterocycles. The van der Waals surface area contributed by atoms with Crippen molar-refractivity contribution in [2.45, 2.75) is 78.2 Å². The molecule has 3 heterocycles. The zero-order valence-electron chi connectivity index (χ0n) is 15.1. The third-order valence-electron chi connectivity index (χ3n) is 4.75. The number of unbranched alkanes of at least 4 members (excludes halogenated alkanes) is 5. The number of hydrogen-bond donors (Lipinski definition) is 0. The molecule has 1 aliphatic heterocycles. The molecule has 0 aromatic carbocycles. The molecule has 0 radical (unpaired) electrons. The standard InChI is InChI=1S/C12H14N2O.C8H18/c1-13-7-5-11-10(12(13)15)8-9-4-2-3-6-14(9)11;1-3-5-7-8-6-4-2/h5,7-8H,2-4,6H2,1H3;3-8H2,1-2H3. The Morgan fingerprint density at radius 3 is 2.39 bits per heavy atom. The molecule has 2 aromatic rings. The molecule has 3 rings (SSSR count). The first-order valence-electron chi connectivity index (χ1n) is 9.36. The minimum absolute atomic E-state index is 0.120. The Balaban J connectivity index is 0.000000207. The molecular formula is C20H32N2O. The largest absolute Gasteiger partial charge is 0.344 e. The lowest BCUT2D eigenvalue weighted by molar-refractivity contribution is 0.545. The van der Waals surface area contributed by atoms with E-state index in [-0.39, 0.29) is 5.56 Å². The Hall–Kier alpha value is -1.51. The van der Waals surface area contributed by atoms with Crippen LogP contribution >= 0.6 is 0 Å². The van der Waals surface area contributed by atoms with Gasteiger partial charge in [-0.15, -0.1) is 0 Å². The fourth-order valence-corrected chi connectivity index (χ4v) is 3.31. The van der Waals surface area contributed by atoms with Gasteiger partial charge in [0.2, 0.25) is 0 Å². The van der Waals surface area contributed by atoms with E-state index in [1.165, 1.54) is 57.1 Å². The third kappa shape index (κ3) is 4.49. The summed E-state index contributed by atoms with van der Waals surface area (Å²) >= 11 is 0. The number of aryl methyl sites for hydroxylation is 3. The second-order valence-corrected chi connectivity index (χ2v) is 6.69. The lowest BCUT2D eigenvalue weighted by Crippen LogP contribution is -2.15. The molecule has 1 aliphatic rings. The van der Waals surface area contributed by atoms with Gasteiger partial charge in [0.05, 0.1) is 10.9 Å². The van der Waals surface area contributed by atoms with Crippen molar-refractivity contribution < 1.29 is 0 Å². The average molecular weight is 316 g/mol. The summed E-state index contributed by atoms with van der Waals surface area (Å²) in [7, 11) is 1.80. The summed E-state index contributed by atoms with van der Waals surface area (Å²) in [5.74, 6) is 0. The molecule has 0 fully saturated rings. The highest BCUT2D eigenvalue weighted by Crippen LogP contribution is 2.22. The van der Waals surface area contributed by atoms with Gasteiger partial charge < -0.3 is 9.13 Å². The van der Waals surface area contributed by atoms with E-state index in [1.54, 1.807) is 11.6 Å². The Morgan fingerprint density at radius 2 is 1.74 bits per heavy atom. The Kier molecular flexibility index (Phi) is 6.94. The van der Waals surface area contributed by atoms with Gasteiger partial charge in [-0.05, 0) is 31.4 Å². The Labute approximate surface area is 140 Å². The predicted molar refractivity (Wildman–Crippen MR) is 99.2 cm³/mol. The molecule has 23 heavy (non-hydrogen) atoms. The lowest BCUT2D eigenvalue weighted by atomic mass is 10.1. The Morgan fingerprint density at radius 1 is 1.04 bits per heavy atom. The molecule has 128 valence electrons. The minimum Gasteiger partial charge on any atom is -0.344 e. The number of nitrogens with zero attached hydrogens (tertiary/aromatic N) is 2. The first-order valence-corrected chi connectivity index (χ1v) is 9.36. The maximum Gasteiger partial charge on any atom is 0.259 e. The van der Waals surface area contributed by atoms with Gasteiger partial charge >= 0.3 is 0 Å². The number of rotatable bonds is 5. The van der Waals surface area contributed by atoms with Gasteiger partial charge in [0.1, 0.15) is 0 Å². The molecule has 0 spiro atoms. The molecule has 0 amide bonds. The monoisotopic (exact) mass is 316 g/mol. The molecule has 3 nitrogen and oxygen atoms in total. The summed E-state index contributed by atoms with van der Waals surface area (Å²) in [6, 6.07) is 4.11. The van der Waals surface area contributed by atoms with Crippen LogP contribution in [0.4, 0.5) is 0 Å². The molecule has 0 unspecified atom stereocenters. The van der Waals surface area contributed by atoms with E-state index in [1.807, 2.05) is 12.3 Å². The summed E-state index contributed by atoms with van der Waals surface area (Å²) < 4.78 is 3.94. The number of pyridine rings is 1. The van der Waals surface area contributed by atoms with Crippen molar-refractivity contribution in [2.24, 2.45) is 7.05 Å². The van der Waals surface area contributed by atoms with E-state index in [0.29, 0.717) is 0 Å². The molecular weight excluding hydrogens is 284 g/mol. The first-order chi connectivity index (χ1) is 11.2. The van der Waals surface area contributed by atoms with Gasteiger partial charge in [0.25, 0.3) is 5.56 Å². The van der Waals surface area contributed by atoms with Crippen LogP contribution in [0.2, 0.25) is 0 Å². The van der Waals surface area contributed by atoms with Gasteiger partial charge in [0.15, 0.2) is 0 Å². The summed E-state index contributed by atoms with van der Waals surface area (Å²) in [5.41, 5.74) is 2.54. The van der Waals surface area contributed by atoms with Crippen molar-refractivity contribution in [2.75, 3.05) is 0 Å². The van der Waals surface area contributed by atoms with Crippen molar-refractivity contribution in [1.82, 2.24) is 9.13 Å². The van der Waals surface area contributed by atoms with E-state index in [0.717, 1.165) is 23.9 Å². The summed E-state index contributed by atoms with van der Waals surface area (Å²) in [5, 5.41) is 0.872. The van der Waals surface area contributed by atoms with Crippen LogP contribution in [0.5, 0.6) is 0 Å². The highest BCUT2D eigenvalue weighted by atomic mass is 16.1. The van der Waals surface area contributed by atoms with Gasteiger partial charge in [-0.1, -0.05) is 52.4 Å². The van der Waals surface area contributed by atoms with Crippen LogP contribution in [0, 0.1) is 0 Å². The molecule has 0 bridgehead atoms. The zero-order chi connectivity index (χ0) is 16.7. The van der Waals surface area contributed by atoms with Crippen LogP contribution in [-0.2, 0) is 20.0 Å². The smallest absolute Gasteiger partial charge is 0.259 e. The summed E-state index contributed by atoms with van der Waals surface area (Å²) in [4.78, 5) is 11.9. The summed E-state index contributed by atoms with van der Waals surface area (Å²) in [6.07, 6.45) is 13.9. The number of hydrogen-bond acceptors (Lipinski definition) is 1. The highest BCUT2D eigenvalue weighted by Gasteiger charge is 2.14. The van der Waals surface area contributed by atoms with Crippen molar-refractivity contribution >= 4 is 10.9 Å². The van der Waals surface area contributed by atoms with E-state index in [4.69, 9.17) is 0 Å². The van der Waals surface area contributed by atoms with Crippen LogP contribution in [0.1, 0.15) is 70.9 Å². The number of fused-ring (bicyclic) bond motifs is 3. The maximum absolute atomic E-state index is 11.9. The van der Waals surface area contributed by atoms with Crippen molar-refractivity contribution in [3.63, 3.8) is 0 Å². The van der Waals surface area contributed by atoms with Crippen molar-refractivity contribution in [3.05, 3.63) is 34.4 Å². The fraction of sp³-hybridized carbons (Fsp3) is 0.650. The first kappa shape index (κ1) is 17.8. The molecule has 0 atom stereocenters. The predicted octanol–water partition coefficient (Wildman–Crippen LogP) is 5.04. The van der Waals surface area contributed by atoms with Crippen LogP contribution < -0.4 is 5.56 Å².